The van der Waals surface area contributed by atoms with Crippen LogP contribution in [0.4, 0.5) is 0 Å². The first kappa shape index (κ1) is 11.2. The monoisotopic (exact) mass is 200 g/mol. The van der Waals surface area contributed by atoms with E-state index >= 15 is 0 Å². The summed E-state index contributed by atoms with van der Waals surface area (Å²) in [5, 5.41) is 18.6. The molecule has 0 aromatic rings. The summed E-state index contributed by atoms with van der Waals surface area (Å²) in [5.74, 6) is -2.75. The third kappa shape index (κ3) is 1.80. The summed E-state index contributed by atoms with van der Waals surface area (Å²) in [6, 6.07) is 0. The molecule has 2 N–H and O–H groups in total. The number of Topliss-reactive ketones (excluding diaryl/α,β-unsaturated/α-hetero) is 1. The lowest BCUT2D eigenvalue weighted by molar-refractivity contribution is -0.165. The number of hydrogen-bond acceptors (Lipinski definition) is 3. The molecular formula is C10H16O4. The van der Waals surface area contributed by atoms with Crippen molar-refractivity contribution in [3.8, 4) is 0 Å². The average Bonchev–Trinajstić information content (AvgIpc) is 2.17. The fourth-order valence-electron chi connectivity index (χ4n) is 2.25. The molecule has 0 spiro atoms. The second-order valence-electron chi connectivity index (χ2n) is 3.91. The Kier molecular flexibility index (Phi) is 3.26. The summed E-state index contributed by atoms with van der Waals surface area (Å²) >= 11 is 0. The smallest absolute Gasteiger partial charge is 0.375 e. The van der Waals surface area contributed by atoms with Gasteiger partial charge in [-0.25, -0.2) is 4.79 Å². The van der Waals surface area contributed by atoms with Crippen LogP contribution < -0.4 is 0 Å². The highest BCUT2D eigenvalue weighted by molar-refractivity contribution is 6.36. The van der Waals surface area contributed by atoms with Gasteiger partial charge in [0.2, 0.25) is 0 Å². The Labute approximate surface area is 82.9 Å². The number of carbonyl (C=O) groups is 2. The van der Waals surface area contributed by atoms with Crippen LogP contribution in [0.5, 0.6) is 0 Å². The van der Waals surface area contributed by atoms with Crippen molar-refractivity contribution in [3.63, 3.8) is 0 Å². The van der Waals surface area contributed by atoms with Crippen molar-refractivity contribution in [2.45, 2.75) is 44.6 Å². The normalized spacial score (nSPS) is 32.6. The zero-order valence-corrected chi connectivity index (χ0v) is 8.32. The van der Waals surface area contributed by atoms with E-state index in [2.05, 4.69) is 0 Å². The number of aliphatic hydroxyl groups is 1. The minimum atomic E-state index is -1.61. The van der Waals surface area contributed by atoms with Gasteiger partial charge in [0.25, 0.3) is 5.78 Å². The standard InChI is InChI=1S/C10H16O4/c1-2-7-5-3-4-6-10(7,14)8(11)9(12)13/h7,14H,2-6H2,1H3,(H,12,13)/t7-,10+/m0/s1. The first-order valence-electron chi connectivity index (χ1n) is 5.02. The highest BCUT2D eigenvalue weighted by atomic mass is 16.4. The number of rotatable bonds is 3. The highest BCUT2D eigenvalue weighted by Gasteiger charge is 2.47. The fraction of sp³-hybridized carbons (Fsp3) is 0.800. The Balaban J connectivity index is 2.87. The van der Waals surface area contributed by atoms with E-state index in [1.54, 1.807) is 0 Å². The molecule has 0 aromatic heterocycles. The van der Waals surface area contributed by atoms with Crippen molar-refractivity contribution in [2.24, 2.45) is 5.92 Å². The molecule has 4 nitrogen and oxygen atoms in total. The third-order valence-corrected chi connectivity index (χ3v) is 3.12. The van der Waals surface area contributed by atoms with Crippen LogP contribution in [-0.4, -0.2) is 27.6 Å². The van der Waals surface area contributed by atoms with E-state index in [-0.39, 0.29) is 12.3 Å². The molecule has 0 bridgehead atoms. The molecule has 0 aromatic carbocycles. The van der Waals surface area contributed by atoms with Crippen molar-refractivity contribution < 1.29 is 19.8 Å². The first-order valence-corrected chi connectivity index (χ1v) is 5.02. The summed E-state index contributed by atoms with van der Waals surface area (Å²) in [6.07, 6.45) is 3.37. The number of carboxylic acid groups (broad SMARTS) is 1. The Hall–Kier alpha value is -0.900. The van der Waals surface area contributed by atoms with E-state index in [0.29, 0.717) is 6.42 Å². The summed E-state index contributed by atoms with van der Waals surface area (Å²) in [6.45, 7) is 1.87. The number of carboxylic acids is 1. The van der Waals surface area contributed by atoms with Gasteiger partial charge < -0.3 is 10.2 Å². The summed E-state index contributed by atoms with van der Waals surface area (Å²) in [7, 11) is 0. The van der Waals surface area contributed by atoms with Gasteiger partial charge in [-0.3, -0.25) is 4.79 Å². The molecule has 1 saturated carbocycles. The lowest BCUT2D eigenvalue weighted by atomic mass is 9.72. The van der Waals surface area contributed by atoms with Crippen molar-refractivity contribution in [1.82, 2.24) is 0 Å². The lowest BCUT2D eigenvalue weighted by Crippen LogP contribution is -2.50. The van der Waals surface area contributed by atoms with Crippen LogP contribution in [0, 0.1) is 5.92 Å². The molecule has 0 unspecified atom stereocenters. The predicted molar refractivity (Wildman–Crippen MR) is 49.8 cm³/mol. The second kappa shape index (κ2) is 4.09. The van der Waals surface area contributed by atoms with Crippen LogP contribution in [0.1, 0.15) is 39.0 Å². The zero-order chi connectivity index (χ0) is 10.8. The SMILES string of the molecule is CC[C@H]1CCCC[C@]1(O)C(=O)C(=O)O. The van der Waals surface area contributed by atoms with Gasteiger partial charge in [-0.05, 0) is 18.8 Å². The maximum atomic E-state index is 11.3. The summed E-state index contributed by atoms with van der Waals surface area (Å²) in [5.41, 5.74) is -1.61. The van der Waals surface area contributed by atoms with Crippen LogP contribution in [0.3, 0.4) is 0 Å². The molecule has 14 heavy (non-hydrogen) atoms. The van der Waals surface area contributed by atoms with Gasteiger partial charge in [0, 0.05) is 0 Å². The van der Waals surface area contributed by atoms with Gasteiger partial charge in [-0.2, -0.15) is 0 Å². The van der Waals surface area contributed by atoms with E-state index in [1.165, 1.54) is 0 Å². The Bertz CT molecular complexity index is 249. The van der Waals surface area contributed by atoms with Gasteiger partial charge in [-0.15, -0.1) is 0 Å². The molecule has 0 saturated heterocycles. The maximum Gasteiger partial charge on any atom is 0.375 e. The van der Waals surface area contributed by atoms with E-state index in [0.717, 1.165) is 19.3 Å². The number of hydrogen-bond donors (Lipinski definition) is 2. The topological polar surface area (TPSA) is 74.6 Å². The average molecular weight is 200 g/mol. The van der Waals surface area contributed by atoms with Crippen LogP contribution >= 0.6 is 0 Å². The Morgan fingerprint density at radius 1 is 1.43 bits per heavy atom. The van der Waals surface area contributed by atoms with Crippen LogP contribution in [0.15, 0.2) is 0 Å². The fourth-order valence-corrected chi connectivity index (χ4v) is 2.25. The second-order valence-corrected chi connectivity index (χ2v) is 3.91. The van der Waals surface area contributed by atoms with Gasteiger partial charge in [0.1, 0.15) is 5.60 Å². The predicted octanol–water partition coefficient (Wildman–Crippen LogP) is 0.971. The maximum absolute atomic E-state index is 11.3. The van der Waals surface area contributed by atoms with E-state index < -0.39 is 17.4 Å². The zero-order valence-electron chi connectivity index (χ0n) is 8.32. The number of aliphatic carboxylic acids is 1. The van der Waals surface area contributed by atoms with Crippen molar-refractivity contribution >= 4 is 11.8 Å². The highest BCUT2D eigenvalue weighted by Crippen LogP contribution is 2.36. The van der Waals surface area contributed by atoms with E-state index in [1.807, 2.05) is 6.92 Å². The van der Waals surface area contributed by atoms with Gasteiger partial charge >= 0.3 is 5.97 Å². The molecule has 0 radical (unpaired) electrons. The van der Waals surface area contributed by atoms with Gasteiger partial charge in [0.15, 0.2) is 0 Å². The van der Waals surface area contributed by atoms with E-state index in [9.17, 15) is 14.7 Å². The molecule has 2 atom stereocenters. The minimum absolute atomic E-state index is 0.195. The molecule has 1 aliphatic rings. The van der Waals surface area contributed by atoms with Crippen molar-refractivity contribution in [3.05, 3.63) is 0 Å². The quantitative estimate of drug-likeness (QED) is 0.666. The Morgan fingerprint density at radius 2 is 2.07 bits per heavy atom. The van der Waals surface area contributed by atoms with Crippen LogP contribution in [0.2, 0.25) is 0 Å². The number of carbonyl (C=O) groups excluding carboxylic acids is 1. The molecule has 1 rings (SSSR count). The number of ketones is 1. The molecule has 0 heterocycles. The molecule has 0 amide bonds. The van der Waals surface area contributed by atoms with Crippen molar-refractivity contribution in [1.29, 1.82) is 0 Å². The van der Waals surface area contributed by atoms with Crippen LogP contribution in [-0.2, 0) is 9.59 Å². The molecule has 1 fully saturated rings. The first-order chi connectivity index (χ1) is 6.52. The third-order valence-electron chi connectivity index (χ3n) is 3.12. The molecule has 1 aliphatic carbocycles. The Morgan fingerprint density at radius 3 is 2.57 bits per heavy atom. The van der Waals surface area contributed by atoms with E-state index in [4.69, 9.17) is 5.11 Å². The lowest BCUT2D eigenvalue weighted by Gasteiger charge is -2.36. The van der Waals surface area contributed by atoms with Crippen LogP contribution in [0.25, 0.3) is 0 Å². The largest absolute Gasteiger partial charge is 0.475 e. The molecular weight excluding hydrogens is 184 g/mol. The summed E-state index contributed by atoms with van der Waals surface area (Å²) < 4.78 is 0. The van der Waals surface area contributed by atoms with Gasteiger partial charge in [0.05, 0.1) is 0 Å². The summed E-state index contributed by atoms with van der Waals surface area (Å²) in [4.78, 5) is 21.9. The molecule has 0 aliphatic heterocycles. The molecule has 80 valence electrons. The van der Waals surface area contributed by atoms with Crippen molar-refractivity contribution in [2.75, 3.05) is 0 Å². The van der Waals surface area contributed by atoms with Gasteiger partial charge in [-0.1, -0.05) is 26.2 Å². The molecule has 4 heteroatoms. The minimum Gasteiger partial charge on any atom is -0.475 e.